The van der Waals surface area contributed by atoms with E-state index in [-0.39, 0.29) is 5.91 Å². The molecule has 1 aromatic heterocycles. The van der Waals surface area contributed by atoms with Crippen molar-refractivity contribution in [2.75, 3.05) is 0 Å². The number of hydrogen-bond donors (Lipinski definition) is 0. The molecule has 0 saturated heterocycles. The molecule has 0 saturated carbocycles. The number of carbonyl (C=O) groups is 1. The predicted octanol–water partition coefficient (Wildman–Crippen LogP) is 5.40. The number of allylic oxidation sites excluding steroid dienone is 2. The van der Waals surface area contributed by atoms with E-state index < -0.39 is 0 Å². The van der Waals surface area contributed by atoms with Crippen LogP contribution in [0.2, 0.25) is 0 Å². The summed E-state index contributed by atoms with van der Waals surface area (Å²) < 4.78 is 1.62. The Labute approximate surface area is 144 Å². The van der Waals surface area contributed by atoms with Crippen LogP contribution in [0.15, 0.2) is 42.5 Å². The molecule has 0 spiro atoms. The summed E-state index contributed by atoms with van der Waals surface area (Å²) in [7, 11) is 0. The molecule has 1 aromatic carbocycles. The average molecular weight is 322 g/mol. The standard InChI is InChI=1S/C21H26N2O/c1-5-9-18(24)23-21(16-10-7-6-8-11-16)19-15(4)12-13-17(14(2)3)20(19)22-23/h5-11,14-15,17H,12-13H2,1-4H3/b9-5+/t15-,17+/m1/s1. The number of nitrogens with zero attached hydrogens (tertiary/aromatic N) is 2. The van der Waals surface area contributed by atoms with Gasteiger partial charge in [-0.15, -0.1) is 0 Å². The van der Waals surface area contributed by atoms with Gasteiger partial charge in [-0.05, 0) is 31.6 Å². The van der Waals surface area contributed by atoms with Gasteiger partial charge in [0.25, 0.3) is 5.91 Å². The second-order valence-corrected chi connectivity index (χ2v) is 7.09. The molecular weight excluding hydrogens is 296 g/mol. The molecule has 24 heavy (non-hydrogen) atoms. The Morgan fingerprint density at radius 1 is 1.25 bits per heavy atom. The van der Waals surface area contributed by atoms with Crippen LogP contribution in [0, 0.1) is 5.92 Å². The highest BCUT2D eigenvalue weighted by Gasteiger charge is 2.34. The number of benzene rings is 1. The maximum atomic E-state index is 12.7. The summed E-state index contributed by atoms with van der Waals surface area (Å²) in [6.07, 6.45) is 5.68. The van der Waals surface area contributed by atoms with E-state index in [2.05, 4.69) is 32.9 Å². The van der Waals surface area contributed by atoms with Crippen LogP contribution >= 0.6 is 0 Å². The number of rotatable bonds is 3. The first-order valence-corrected chi connectivity index (χ1v) is 8.89. The van der Waals surface area contributed by atoms with Gasteiger partial charge in [-0.1, -0.05) is 57.2 Å². The van der Waals surface area contributed by atoms with Gasteiger partial charge in [-0.2, -0.15) is 9.78 Å². The number of hydrogen-bond acceptors (Lipinski definition) is 2. The fourth-order valence-corrected chi connectivity index (χ4v) is 3.81. The predicted molar refractivity (Wildman–Crippen MR) is 98.3 cm³/mol. The molecule has 0 amide bonds. The van der Waals surface area contributed by atoms with Crippen molar-refractivity contribution in [3.05, 3.63) is 53.7 Å². The van der Waals surface area contributed by atoms with Gasteiger partial charge in [0, 0.05) is 23.1 Å². The Balaban J connectivity index is 2.27. The summed E-state index contributed by atoms with van der Waals surface area (Å²) in [5, 5.41) is 4.81. The highest BCUT2D eigenvalue weighted by Crippen LogP contribution is 2.45. The smallest absolute Gasteiger partial charge is 0.267 e. The van der Waals surface area contributed by atoms with Gasteiger partial charge in [0.15, 0.2) is 0 Å². The zero-order valence-corrected chi connectivity index (χ0v) is 15.0. The molecule has 1 aliphatic carbocycles. The van der Waals surface area contributed by atoms with E-state index in [1.165, 1.54) is 5.56 Å². The molecular formula is C21H26N2O. The summed E-state index contributed by atoms with van der Waals surface area (Å²) in [5.74, 6) is 1.32. The maximum Gasteiger partial charge on any atom is 0.271 e. The van der Waals surface area contributed by atoms with Gasteiger partial charge in [0.1, 0.15) is 0 Å². The first-order valence-electron chi connectivity index (χ1n) is 8.89. The molecule has 0 aliphatic heterocycles. The summed E-state index contributed by atoms with van der Waals surface area (Å²) >= 11 is 0. The first-order chi connectivity index (χ1) is 11.5. The van der Waals surface area contributed by atoms with E-state index in [0.717, 1.165) is 29.8 Å². The Morgan fingerprint density at radius 2 is 1.96 bits per heavy atom. The summed E-state index contributed by atoms with van der Waals surface area (Å²) in [4.78, 5) is 12.7. The Hall–Kier alpha value is -2.16. The average Bonchev–Trinajstić information content (AvgIpc) is 2.97. The molecule has 3 heteroatoms. The Bertz CT molecular complexity index is 756. The fourth-order valence-electron chi connectivity index (χ4n) is 3.81. The Morgan fingerprint density at radius 3 is 2.58 bits per heavy atom. The minimum Gasteiger partial charge on any atom is -0.267 e. The minimum absolute atomic E-state index is 0.0690. The molecule has 0 N–H and O–H groups in total. The van der Waals surface area contributed by atoms with Crippen LogP contribution in [-0.4, -0.2) is 15.7 Å². The zero-order chi connectivity index (χ0) is 17.3. The number of carbonyl (C=O) groups excluding carboxylic acids is 1. The van der Waals surface area contributed by atoms with Crippen molar-refractivity contribution in [3.8, 4) is 11.3 Å². The second kappa shape index (κ2) is 6.76. The lowest BCUT2D eigenvalue weighted by Crippen LogP contribution is -2.17. The SMILES string of the molecule is C/C=C/C(=O)n1nc2c(c1-c1ccccc1)[C@H](C)CC[C@H]2C(C)C. The van der Waals surface area contributed by atoms with Crippen molar-refractivity contribution in [3.63, 3.8) is 0 Å². The second-order valence-electron chi connectivity index (χ2n) is 7.09. The summed E-state index contributed by atoms with van der Waals surface area (Å²) in [6.45, 7) is 8.62. The van der Waals surface area contributed by atoms with Crippen LogP contribution in [0.4, 0.5) is 0 Å². The van der Waals surface area contributed by atoms with Crippen LogP contribution in [0.25, 0.3) is 11.3 Å². The Kier molecular flexibility index (Phi) is 4.70. The van der Waals surface area contributed by atoms with Crippen molar-refractivity contribution < 1.29 is 4.79 Å². The summed E-state index contributed by atoms with van der Waals surface area (Å²) in [6, 6.07) is 10.2. The molecule has 2 atom stereocenters. The zero-order valence-electron chi connectivity index (χ0n) is 15.0. The molecule has 0 unspecified atom stereocenters. The van der Waals surface area contributed by atoms with Gasteiger partial charge < -0.3 is 0 Å². The van der Waals surface area contributed by atoms with Crippen LogP contribution in [0.5, 0.6) is 0 Å². The molecule has 1 heterocycles. The lowest BCUT2D eigenvalue weighted by atomic mass is 9.75. The molecule has 1 aliphatic rings. The quantitative estimate of drug-likeness (QED) is 0.709. The normalized spacial score (nSPS) is 20.5. The molecule has 3 nitrogen and oxygen atoms in total. The topological polar surface area (TPSA) is 34.9 Å². The fraction of sp³-hybridized carbons (Fsp3) is 0.429. The molecule has 3 rings (SSSR count). The van der Waals surface area contributed by atoms with E-state index >= 15 is 0 Å². The van der Waals surface area contributed by atoms with Crippen molar-refractivity contribution in [1.82, 2.24) is 9.78 Å². The van der Waals surface area contributed by atoms with E-state index in [4.69, 9.17) is 5.10 Å². The third-order valence-electron chi connectivity index (χ3n) is 5.08. The molecule has 2 aromatic rings. The third kappa shape index (κ3) is 2.83. The van der Waals surface area contributed by atoms with Crippen LogP contribution in [-0.2, 0) is 0 Å². The van der Waals surface area contributed by atoms with E-state index in [0.29, 0.717) is 17.8 Å². The minimum atomic E-state index is -0.0690. The third-order valence-corrected chi connectivity index (χ3v) is 5.08. The van der Waals surface area contributed by atoms with E-state index in [1.807, 2.05) is 25.1 Å². The van der Waals surface area contributed by atoms with Gasteiger partial charge in [-0.3, -0.25) is 4.79 Å². The number of fused-ring (bicyclic) bond motifs is 1. The highest BCUT2D eigenvalue weighted by atomic mass is 16.2. The number of aromatic nitrogens is 2. The van der Waals surface area contributed by atoms with Crippen molar-refractivity contribution in [2.45, 2.75) is 52.4 Å². The van der Waals surface area contributed by atoms with Crippen LogP contribution in [0.3, 0.4) is 0 Å². The van der Waals surface area contributed by atoms with Crippen molar-refractivity contribution >= 4 is 5.91 Å². The van der Waals surface area contributed by atoms with Gasteiger partial charge in [0.05, 0.1) is 11.4 Å². The molecule has 0 bridgehead atoms. The lowest BCUT2D eigenvalue weighted by Gasteiger charge is -2.28. The maximum absolute atomic E-state index is 12.7. The van der Waals surface area contributed by atoms with E-state index in [9.17, 15) is 4.79 Å². The van der Waals surface area contributed by atoms with Crippen molar-refractivity contribution in [2.24, 2.45) is 5.92 Å². The van der Waals surface area contributed by atoms with Gasteiger partial charge in [-0.25, -0.2) is 0 Å². The van der Waals surface area contributed by atoms with Gasteiger partial charge in [0.2, 0.25) is 0 Å². The van der Waals surface area contributed by atoms with Crippen LogP contribution < -0.4 is 0 Å². The van der Waals surface area contributed by atoms with Crippen LogP contribution in [0.1, 0.15) is 68.4 Å². The van der Waals surface area contributed by atoms with Gasteiger partial charge >= 0.3 is 0 Å². The largest absolute Gasteiger partial charge is 0.271 e. The van der Waals surface area contributed by atoms with Crippen molar-refractivity contribution in [1.29, 1.82) is 0 Å². The molecule has 0 fully saturated rings. The lowest BCUT2D eigenvalue weighted by molar-refractivity contribution is 0.0955. The molecule has 126 valence electrons. The highest BCUT2D eigenvalue weighted by molar-refractivity contribution is 5.93. The monoisotopic (exact) mass is 322 g/mol. The molecule has 0 radical (unpaired) electrons. The first kappa shape index (κ1) is 16.7. The van der Waals surface area contributed by atoms with E-state index in [1.54, 1.807) is 16.8 Å². The summed E-state index contributed by atoms with van der Waals surface area (Å²) in [5.41, 5.74) is 4.44.